The molecule has 2 atom stereocenters. The molecule has 20 heavy (non-hydrogen) atoms. The fourth-order valence-corrected chi connectivity index (χ4v) is 2.59. The van der Waals surface area contributed by atoms with Crippen LogP contribution < -0.4 is 0 Å². The number of likely N-dealkylation sites (tertiary alicyclic amines) is 1. The van der Waals surface area contributed by atoms with Crippen molar-refractivity contribution in [3.05, 3.63) is 35.4 Å². The van der Waals surface area contributed by atoms with Crippen molar-refractivity contribution in [3.8, 4) is 0 Å². The Morgan fingerprint density at radius 2 is 1.80 bits per heavy atom. The average Bonchev–Trinajstić information content (AvgIpc) is 2.44. The van der Waals surface area contributed by atoms with Gasteiger partial charge in [-0.15, -0.1) is 0 Å². The molecule has 1 aromatic rings. The third-order valence-corrected chi connectivity index (χ3v) is 3.71. The number of carbonyl (C=O) groups excluding carboxylic acids is 1. The van der Waals surface area contributed by atoms with Crippen LogP contribution in [0.15, 0.2) is 24.3 Å². The standard InChI is InChI=1S/C16H23NO3/c1-2-3-4-12-5-7-13(8-6-12)16(20)17-10-14(18)9-15(19)11-17/h5-8,14-15,18-19H,2-4,9-11H2,1H3/t14-,15-/m1/s1. The third kappa shape index (κ3) is 3.81. The van der Waals surface area contributed by atoms with Crippen molar-refractivity contribution in [2.24, 2.45) is 0 Å². The van der Waals surface area contributed by atoms with Crippen LogP contribution in [-0.4, -0.2) is 46.3 Å². The summed E-state index contributed by atoms with van der Waals surface area (Å²) in [5.41, 5.74) is 1.86. The van der Waals surface area contributed by atoms with Crippen LogP contribution in [0.1, 0.15) is 42.1 Å². The van der Waals surface area contributed by atoms with E-state index in [-0.39, 0.29) is 5.91 Å². The van der Waals surface area contributed by atoms with Gasteiger partial charge in [0.2, 0.25) is 0 Å². The molecule has 4 nitrogen and oxygen atoms in total. The highest BCUT2D eigenvalue weighted by atomic mass is 16.3. The van der Waals surface area contributed by atoms with E-state index in [1.54, 1.807) is 0 Å². The summed E-state index contributed by atoms with van der Waals surface area (Å²) >= 11 is 0. The number of β-amino-alcohol motifs (C(OH)–C–C–N with tert-alkyl or cyclic N) is 2. The highest BCUT2D eigenvalue weighted by molar-refractivity contribution is 5.94. The topological polar surface area (TPSA) is 60.8 Å². The maximum Gasteiger partial charge on any atom is 0.254 e. The minimum absolute atomic E-state index is 0.121. The zero-order chi connectivity index (χ0) is 14.5. The maximum absolute atomic E-state index is 12.3. The molecule has 2 rings (SSSR count). The fourth-order valence-electron chi connectivity index (χ4n) is 2.59. The van der Waals surface area contributed by atoms with Gasteiger partial charge in [-0.25, -0.2) is 0 Å². The SMILES string of the molecule is CCCCc1ccc(C(=O)N2C[C@H](O)C[C@@H](O)C2)cc1. The molecule has 110 valence electrons. The van der Waals surface area contributed by atoms with Crippen molar-refractivity contribution in [2.75, 3.05) is 13.1 Å². The molecule has 0 saturated carbocycles. The van der Waals surface area contributed by atoms with Gasteiger partial charge in [-0.1, -0.05) is 25.5 Å². The van der Waals surface area contributed by atoms with Gasteiger partial charge >= 0.3 is 0 Å². The predicted molar refractivity (Wildman–Crippen MR) is 77.6 cm³/mol. The normalized spacial score (nSPS) is 22.9. The largest absolute Gasteiger partial charge is 0.391 e. The molecule has 0 unspecified atom stereocenters. The van der Waals surface area contributed by atoms with Crippen molar-refractivity contribution >= 4 is 5.91 Å². The number of unbranched alkanes of at least 4 members (excludes halogenated alkanes) is 1. The summed E-state index contributed by atoms with van der Waals surface area (Å²) in [6.45, 7) is 2.76. The number of benzene rings is 1. The van der Waals surface area contributed by atoms with Crippen LogP contribution in [0.25, 0.3) is 0 Å². The Kier molecular flexibility index (Phi) is 5.15. The van der Waals surface area contributed by atoms with Gasteiger partial charge in [-0.3, -0.25) is 4.79 Å². The number of aryl methyl sites for hydroxylation is 1. The average molecular weight is 277 g/mol. The van der Waals surface area contributed by atoms with Gasteiger partial charge in [0, 0.05) is 25.1 Å². The van der Waals surface area contributed by atoms with E-state index in [0.717, 1.165) is 19.3 Å². The highest BCUT2D eigenvalue weighted by Crippen LogP contribution is 2.15. The summed E-state index contributed by atoms with van der Waals surface area (Å²) in [5.74, 6) is -0.121. The van der Waals surface area contributed by atoms with Crippen LogP contribution in [0.5, 0.6) is 0 Å². The Morgan fingerprint density at radius 3 is 2.35 bits per heavy atom. The Bertz CT molecular complexity index is 434. The summed E-state index contributed by atoms with van der Waals surface area (Å²) in [6, 6.07) is 7.64. The number of rotatable bonds is 4. The lowest BCUT2D eigenvalue weighted by Crippen LogP contribution is -2.48. The molecule has 1 saturated heterocycles. The van der Waals surface area contributed by atoms with E-state index in [0.29, 0.717) is 25.1 Å². The Hall–Kier alpha value is -1.39. The van der Waals surface area contributed by atoms with E-state index in [1.807, 2.05) is 24.3 Å². The van der Waals surface area contributed by atoms with Gasteiger partial charge < -0.3 is 15.1 Å². The molecule has 1 aliphatic heterocycles. The Labute approximate surface area is 120 Å². The minimum atomic E-state index is -0.633. The molecule has 4 heteroatoms. The zero-order valence-corrected chi connectivity index (χ0v) is 12.0. The maximum atomic E-state index is 12.3. The molecule has 0 aromatic heterocycles. The van der Waals surface area contributed by atoms with Crippen molar-refractivity contribution < 1.29 is 15.0 Å². The van der Waals surface area contributed by atoms with Crippen LogP contribution in [0.4, 0.5) is 0 Å². The molecule has 1 amide bonds. The molecule has 0 bridgehead atoms. The number of aliphatic hydroxyl groups excluding tert-OH is 2. The fraction of sp³-hybridized carbons (Fsp3) is 0.562. The molecule has 1 aliphatic rings. The van der Waals surface area contributed by atoms with Gasteiger partial charge in [0.1, 0.15) is 0 Å². The first-order valence-electron chi connectivity index (χ1n) is 7.34. The number of carbonyl (C=O) groups is 1. The molecule has 2 N–H and O–H groups in total. The van der Waals surface area contributed by atoms with Crippen LogP contribution >= 0.6 is 0 Å². The molecule has 0 radical (unpaired) electrons. The second kappa shape index (κ2) is 6.86. The summed E-state index contributed by atoms with van der Waals surface area (Å²) in [6.07, 6.45) is 2.42. The van der Waals surface area contributed by atoms with Gasteiger partial charge in [-0.05, 0) is 30.5 Å². The first kappa shape index (κ1) is 15.0. The van der Waals surface area contributed by atoms with Gasteiger partial charge in [0.25, 0.3) is 5.91 Å². The van der Waals surface area contributed by atoms with Crippen LogP contribution in [-0.2, 0) is 6.42 Å². The predicted octanol–water partition coefficient (Wildman–Crippen LogP) is 1.60. The van der Waals surface area contributed by atoms with Crippen molar-refractivity contribution in [1.29, 1.82) is 0 Å². The summed E-state index contributed by atoms with van der Waals surface area (Å²) < 4.78 is 0. The summed E-state index contributed by atoms with van der Waals surface area (Å²) in [4.78, 5) is 13.8. The van der Waals surface area contributed by atoms with Gasteiger partial charge in [0.05, 0.1) is 12.2 Å². The molecule has 0 spiro atoms. The third-order valence-electron chi connectivity index (χ3n) is 3.71. The highest BCUT2D eigenvalue weighted by Gasteiger charge is 2.28. The van der Waals surface area contributed by atoms with Crippen molar-refractivity contribution in [1.82, 2.24) is 4.90 Å². The van der Waals surface area contributed by atoms with Gasteiger partial charge in [-0.2, -0.15) is 0 Å². The van der Waals surface area contributed by atoms with Crippen molar-refractivity contribution in [3.63, 3.8) is 0 Å². The molecule has 1 fully saturated rings. The summed E-state index contributed by atoms with van der Waals surface area (Å²) in [5, 5.41) is 19.3. The van der Waals surface area contributed by atoms with Crippen LogP contribution in [0.3, 0.4) is 0 Å². The smallest absolute Gasteiger partial charge is 0.254 e. The number of nitrogens with zero attached hydrogens (tertiary/aromatic N) is 1. The summed E-state index contributed by atoms with van der Waals surface area (Å²) in [7, 11) is 0. The van der Waals surface area contributed by atoms with E-state index in [2.05, 4.69) is 6.92 Å². The number of amides is 1. The minimum Gasteiger partial charge on any atom is -0.391 e. The second-order valence-corrected chi connectivity index (χ2v) is 5.55. The number of aliphatic hydroxyl groups is 2. The molecule has 0 aliphatic carbocycles. The van der Waals surface area contributed by atoms with E-state index >= 15 is 0 Å². The molecule has 1 heterocycles. The number of hydrogen-bond acceptors (Lipinski definition) is 3. The van der Waals surface area contributed by atoms with E-state index in [9.17, 15) is 15.0 Å². The van der Waals surface area contributed by atoms with Crippen LogP contribution in [0, 0.1) is 0 Å². The second-order valence-electron chi connectivity index (χ2n) is 5.55. The van der Waals surface area contributed by atoms with E-state index in [4.69, 9.17) is 0 Å². The number of hydrogen-bond donors (Lipinski definition) is 2. The van der Waals surface area contributed by atoms with E-state index in [1.165, 1.54) is 10.5 Å². The Morgan fingerprint density at radius 1 is 1.20 bits per heavy atom. The lowest BCUT2D eigenvalue weighted by atomic mass is 10.0. The lowest BCUT2D eigenvalue weighted by molar-refractivity contribution is -0.00384. The zero-order valence-electron chi connectivity index (χ0n) is 12.0. The van der Waals surface area contributed by atoms with E-state index < -0.39 is 12.2 Å². The lowest BCUT2D eigenvalue weighted by Gasteiger charge is -2.33. The quantitative estimate of drug-likeness (QED) is 0.878. The number of piperidine rings is 1. The first-order valence-corrected chi connectivity index (χ1v) is 7.34. The monoisotopic (exact) mass is 277 g/mol. The molecule has 1 aromatic carbocycles. The van der Waals surface area contributed by atoms with Crippen molar-refractivity contribution in [2.45, 2.75) is 44.8 Å². The van der Waals surface area contributed by atoms with Gasteiger partial charge in [0.15, 0.2) is 0 Å². The molecular formula is C16H23NO3. The molecular weight excluding hydrogens is 254 g/mol. The van der Waals surface area contributed by atoms with Crippen LogP contribution in [0.2, 0.25) is 0 Å². The first-order chi connectivity index (χ1) is 9.60. The Balaban J connectivity index is 2.01.